The van der Waals surface area contributed by atoms with E-state index in [1.54, 1.807) is 6.92 Å². The molecule has 1 aromatic heterocycles. The average Bonchev–Trinajstić information content (AvgIpc) is 3.14. The highest BCUT2D eigenvalue weighted by molar-refractivity contribution is 7.22. The van der Waals surface area contributed by atoms with Crippen molar-refractivity contribution in [2.45, 2.75) is 19.6 Å². The summed E-state index contributed by atoms with van der Waals surface area (Å²) in [5.74, 6) is -0.859. The molecule has 0 bridgehead atoms. The van der Waals surface area contributed by atoms with Crippen molar-refractivity contribution >= 4 is 44.2 Å². The lowest BCUT2D eigenvalue weighted by Gasteiger charge is -2.32. The third-order valence-corrected chi connectivity index (χ3v) is 6.76. The minimum Gasteiger partial charge on any atom is -0.507 e. The molecule has 0 saturated carbocycles. The third-order valence-electron chi connectivity index (χ3n) is 5.62. The number of benzene rings is 2. The number of hydrogen-bond acceptors (Lipinski definition) is 6. The number of anilines is 1. The van der Waals surface area contributed by atoms with Crippen LogP contribution in [-0.4, -0.2) is 59.0 Å². The minimum absolute atomic E-state index is 0.0344. The van der Waals surface area contributed by atoms with E-state index in [-0.39, 0.29) is 21.5 Å². The Labute approximate surface area is 197 Å². The van der Waals surface area contributed by atoms with Crippen molar-refractivity contribution in [2.75, 3.05) is 38.5 Å². The maximum absolute atomic E-state index is 13.5. The van der Waals surface area contributed by atoms with Gasteiger partial charge < -0.3 is 10.0 Å². The van der Waals surface area contributed by atoms with Crippen molar-refractivity contribution in [3.05, 3.63) is 51.5 Å². The number of aryl methyl sites for hydroxylation is 1. The predicted molar refractivity (Wildman–Crippen MR) is 123 cm³/mol. The van der Waals surface area contributed by atoms with Crippen molar-refractivity contribution in [1.82, 2.24) is 14.8 Å². The van der Waals surface area contributed by atoms with Gasteiger partial charge in [0.15, 0.2) is 5.13 Å². The van der Waals surface area contributed by atoms with Crippen LogP contribution in [0.2, 0.25) is 5.02 Å². The zero-order chi connectivity index (χ0) is 23.9. The largest absolute Gasteiger partial charge is 0.507 e. The SMILES string of the molecule is Cc1cc(Cl)cc(C(=O)Nc2nc3c(CN4CCN(C)CC4)cc(C(F)(F)F)cc3s2)c1O. The van der Waals surface area contributed by atoms with Crippen molar-refractivity contribution in [3.8, 4) is 5.75 Å². The van der Waals surface area contributed by atoms with Crippen molar-refractivity contribution in [3.63, 3.8) is 0 Å². The van der Waals surface area contributed by atoms with E-state index in [2.05, 4.69) is 20.1 Å². The number of hydrogen-bond donors (Lipinski definition) is 2. The van der Waals surface area contributed by atoms with Crippen LogP contribution in [0.25, 0.3) is 10.2 Å². The van der Waals surface area contributed by atoms with Gasteiger partial charge in [-0.25, -0.2) is 4.98 Å². The number of phenols is 1. The number of fused-ring (bicyclic) bond motifs is 1. The van der Waals surface area contributed by atoms with E-state index in [4.69, 9.17) is 11.6 Å². The number of amides is 1. The number of carbonyl (C=O) groups is 1. The molecule has 1 fully saturated rings. The summed E-state index contributed by atoms with van der Waals surface area (Å²) >= 11 is 6.95. The van der Waals surface area contributed by atoms with Crippen LogP contribution >= 0.6 is 22.9 Å². The number of aromatic hydroxyl groups is 1. The molecule has 2 heterocycles. The number of nitrogens with one attached hydrogen (secondary N) is 1. The fourth-order valence-electron chi connectivity index (χ4n) is 3.76. The summed E-state index contributed by atoms with van der Waals surface area (Å²) in [7, 11) is 2.01. The van der Waals surface area contributed by atoms with Gasteiger partial charge in [-0.15, -0.1) is 0 Å². The number of rotatable bonds is 4. The molecule has 176 valence electrons. The van der Waals surface area contributed by atoms with E-state index in [9.17, 15) is 23.1 Å². The van der Waals surface area contributed by atoms with Crippen molar-refractivity contribution in [2.24, 2.45) is 0 Å². The predicted octanol–water partition coefficient (Wildman–Crippen LogP) is 4.98. The number of piperazine rings is 1. The summed E-state index contributed by atoms with van der Waals surface area (Å²) in [6, 6.07) is 5.04. The highest BCUT2D eigenvalue weighted by Gasteiger charge is 2.32. The number of likely N-dealkylation sites (N-methyl/N-ethyl adjacent to an activating group) is 1. The Morgan fingerprint density at radius 2 is 1.91 bits per heavy atom. The van der Waals surface area contributed by atoms with Crippen LogP contribution in [0.5, 0.6) is 5.75 Å². The second-order valence-electron chi connectivity index (χ2n) is 8.15. The van der Waals surface area contributed by atoms with Crippen LogP contribution in [-0.2, 0) is 12.7 Å². The molecule has 2 aromatic carbocycles. The molecular formula is C22H22ClF3N4O2S. The van der Waals surface area contributed by atoms with E-state index in [1.165, 1.54) is 12.1 Å². The number of aromatic nitrogens is 1. The first-order chi connectivity index (χ1) is 15.5. The molecule has 0 spiro atoms. The molecule has 1 aliphatic heterocycles. The van der Waals surface area contributed by atoms with Gasteiger partial charge in [-0.05, 0) is 49.4 Å². The van der Waals surface area contributed by atoms with Crippen molar-refractivity contribution in [1.29, 1.82) is 0 Å². The van der Waals surface area contributed by atoms with Gasteiger partial charge in [0.2, 0.25) is 0 Å². The molecule has 11 heteroatoms. The number of thiazole rings is 1. The second kappa shape index (κ2) is 9.09. The van der Waals surface area contributed by atoms with Crippen LogP contribution in [0.4, 0.5) is 18.3 Å². The number of phenolic OH excluding ortho intramolecular Hbond substituents is 1. The van der Waals surface area contributed by atoms with Gasteiger partial charge in [0.05, 0.1) is 21.3 Å². The highest BCUT2D eigenvalue weighted by Crippen LogP contribution is 2.37. The Hall–Kier alpha value is -2.40. The molecule has 6 nitrogen and oxygen atoms in total. The highest BCUT2D eigenvalue weighted by atomic mass is 35.5. The first kappa shape index (κ1) is 23.7. The topological polar surface area (TPSA) is 68.7 Å². The first-order valence-electron chi connectivity index (χ1n) is 10.2. The summed E-state index contributed by atoms with van der Waals surface area (Å²) in [5.41, 5.74) is 0.536. The Morgan fingerprint density at radius 1 is 1.21 bits per heavy atom. The number of halogens is 4. The molecular weight excluding hydrogens is 477 g/mol. The van der Waals surface area contributed by atoms with Crippen LogP contribution in [0.15, 0.2) is 24.3 Å². The molecule has 0 radical (unpaired) electrons. The molecule has 0 aliphatic carbocycles. The maximum Gasteiger partial charge on any atom is 0.416 e. The van der Waals surface area contributed by atoms with Gasteiger partial charge in [0, 0.05) is 37.7 Å². The Kier molecular flexibility index (Phi) is 6.54. The average molecular weight is 499 g/mol. The maximum atomic E-state index is 13.5. The fourth-order valence-corrected chi connectivity index (χ4v) is 4.98. The summed E-state index contributed by atoms with van der Waals surface area (Å²) < 4.78 is 40.9. The Balaban J connectivity index is 1.67. The lowest BCUT2D eigenvalue weighted by atomic mass is 10.1. The fraction of sp³-hybridized carbons (Fsp3) is 0.364. The van der Waals surface area contributed by atoms with Crippen LogP contribution < -0.4 is 5.32 Å². The lowest BCUT2D eigenvalue weighted by molar-refractivity contribution is -0.137. The smallest absolute Gasteiger partial charge is 0.416 e. The molecule has 1 saturated heterocycles. The Bertz CT molecular complexity index is 1210. The van der Waals surface area contributed by atoms with Gasteiger partial charge >= 0.3 is 6.18 Å². The molecule has 0 atom stereocenters. The molecule has 2 N–H and O–H groups in total. The monoisotopic (exact) mass is 498 g/mol. The molecule has 0 unspecified atom stereocenters. The number of alkyl halides is 3. The normalized spacial score (nSPS) is 15.8. The van der Waals surface area contributed by atoms with Gasteiger partial charge in [0.1, 0.15) is 5.75 Å². The molecule has 1 amide bonds. The third kappa shape index (κ3) is 5.24. The van der Waals surface area contributed by atoms with Crippen LogP contribution in [0, 0.1) is 6.92 Å². The van der Waals surface area contributed by atoms with Gasteiger partial charge in [-0.3, -0.25) is 15.0 Å². The summed E-state index contributed by atoms with van der Waals surface area (Å²) in [4.78, 5) is 21.4. The quantitative estimate of drug-likeness (QED) is 0.531. The minimum atomic E-state index is -4.50. The number of carbonyl (C=O) groups excluding carboxylic acids is 1. The van der Waals surface area contributed by atoms with E-state index in [1.807, 2.05) is 7.05 Å². The molecule has 4 rings (SSSR count). The molecule has 3 aromatic rings. The van der Waals surface area contributed by atoms with E-state index < -0.39 is 17.6 Å². The zero-order valence-corrected chi connectivity index (χ0v) is 19.5. The van der Waals surface area contributed by atoms with Crippen molar-refractivity contribution < 1.29 is 23.1 Å². The van der Waals surface area contributed by atoms with E-state index in [0.717, 1.165) is 49.6 Å². The first-order valence-corrected chi connectivity index (χ1v) is 11.4. The Morgan fingerprint density at radius 3 is 2.58 bits per heavy atom. The lowest BCUT2D eigenvalue weighted by Crippen LogP contribution is -2.43. The zero-order valence-electron chi connectivity index (χ0n) is 18.0. The van der Waals surface area contributed by atoms with Gasteiger partial charge in [-0.2, -0.15) is 13.2 Å². The number of nitrogens with zero attached hydrogens (tertiary/aromatic N) is 3. The standard InChI is InChI=1S/C22H22ClF3N4O2S/c1-12-7-15(23)10-16(19(12)31)20(32)28-21-27-18-13(11-30-5-3-29(2)4-6-30)8-14(22(24,25)26)9-17(18)33-21/h7-10,31H,3-6,11H2,1-2H3,(H,27,28,32). The van der Waals surface area contributed by atoms with Gasteiger partial charge in [0.25, 0.3) is 5.91 Å². The summed E-state index contributed by atoms with van der Waals surface area (Å²) in [6.07, 6.45) is -4.50. The molecule has 1 aliphatic rings. The van der Waals surface area contributed by atoms with Crippen LogP contribution in [0.3, 0.4) is 0 Å². The van der Waals surface area contributed by atoms with E-state index in [0.29, 0.717) is 27.9 Å². The summed E-state index contributed by atoms with van der Waals surface area (Å²) in [6.45, 7) is 5.11. The second-order valence-corrected chi connectivity index (χ2v) is 9.62. The van der Waals surface area contributed by atoms with Crippen LogP contribution in [0.1, 0.15) is 27.0 Å². The molecule has 33 heavy (non-hydrogen) atoms. The van der Waals surface area contributed by atoms with E-state index >= 15 is 0 Å². The van der Waals surface area contributed by atoms with Gasteiger partial charge in [-0.1, -0.05) is 22.9 Å². The summed E-state index contributed by atoms with van der Waals surface area (Å²) in [5, 5.41) is 13.2.